The lowest BCUT2D eigenvalue weighted by Crippen LogP contribution is -2.33. The minimum atomic E-state index is -4.39. The first-order chi connectivity index (χ1) is 21.4. The molecule has 244 valence electrons. The quantitative estimate of drug-likeness (QED) is 0.0805. The van der Waals surface area contributed by atoms with Gasteiger partial charge in [-0.1, -0.05) is 22.7 Å². The number of anilines is 2. The molecule has 9 atom stereocenters. The van der Waals surface area contributed by atoms with Gasteiger partial charge in [0.2, 0.25) is 13.6 Å². The number of hydrogen-bond donors (Lipinski definition) is 7. The third kappa shape index (κ3) is 6.51. The third-order valence-electron chi connectivity index (χ3n) is 6.52. The summed E-state index contributed by atoms with van der Waals surface area (Å²) in [7, 11) is -0.139. The van der Waals surface area contributed by atoms with Crippen molar-refractivity contribution < 1.29 is 47.0 Å². The molecule has 45 heavy (non-hydrogen) atoms. The molecule has 0 amide bonds. The van der Waals surface area contributed by atoms with Crippen LogP contribution in [0.15, 0.2) is 11.1 Å². The molecule has 2 aliphatic heterocycles. The standard InChI is InChI=1S/C18H21F2N12O8PS.HOPS/c19-6-4(1-33)38-17(32-14-9(28-30-32)15(35)26-18(22)25-14)11(6)40-41(36,42)37-2-5-10(34)7(20)16(39-5)31-13-8(27-29-31)12(21)23-3-24-13;1-2-3/h3-7,10-11,16-17,33-34H,1-2H2,(H,36,42)(H2,21,23,24)(H3,22,25,26,35);(H,1,3)/t4-,5-,6+,7+,10-,11-,16-,17-,41?;/m1./s1. The van der Waals surface area contributed by atoms with Gasteiger partial charge in [-0.2, -0.15) is 14.3 Å². The SMILES string of the molecule is Nc1nc2c(nnn2[C@@H]2O[C@H](CO)[C@H](F)[C@H]2OP(O)(=S)OC[C@H]2O[C@@H](n3nnc4c(N)ncnc43)[C@@H](F)[C@@H]2O)c(=O)[nH]1.O=PS. The molecular formula is C18H22F2N12O9P2S2. The molecule has 2 fully saturated rings. The fraction of sp³-hybridized carbons (Fsp3) is 0.556. The lowest BCUT2D eigenvalue weighted by molar-refractivity contribution is -0.0611. The van der Waals surface area contributed by atoms with Crippen molar-refractivity contribution in [1.29, 1.82) is 0 Å². The zero-order valence-corrected chi connectivity index (χ0v) is 25.6. The Bertz CT molecular complexity index is 1800. The van der Waals surface area contributed by atoms with Gasteiger partial charge in [-0.25, -0.2) is 18.7 Å². The Labute approximate surface area is 259 Å². The monoisotopic (exact) mass is 714 g/mol. The number of aromatic nitrogens is 10. The highest BCUT2D eigenvalue weighted by Crippen LogP contribution is 2.50. The van der Waals surface area contributed by atoms with Gasteiger partial charge in [0.25, 0.3) is 5.56 Å². The zero-order chi connectivity index (χ0) is 32.6. The minimum Gasteiger partial charge on any atom is -0.394 e. The summed E-state index contributed by atoms with van der Waals surface area (Å²) in [5, 5.41) is 35.0. The number of nitrogens with one attached hydrogen (secondary N) is 1. The van der Waals surface area contributed by atoms with Crippen molar-refractivity contribution in [2.75, 3.05) is 24.7 Å². The molecule has 21 nitrogen and oxygen atoms in total. The molecule has 6 heterocycles. The first-order valence-corrected chi connectivity index (χ1v) is 16.9. The van der Waals surface area contributed by atoms with E-state index in [0.717, 1.165) is 15.7 Å². The maximum absolute atomic E-state index is 15.3. The first kappa shape index (κ1) is 33.4. The Hall–Kier alpha value is -2.96. The molecule has 8 N–H and O–H groups in total. The van der Waals surface area contributed by atoms with Crippen molar-refractivity contribution in [2.45, 2.75) is 49.2 Å². The highest BCUT2D eigenvalue weighted by Gasteiger charge is 2.51. The number of alkyl halides is 2. The number of thiol groups is 1. The number of aliphatic hydroxyl groups is 2. The molecule has 0 bridgehead atoms. The van der Waals surface area contributed by atoms with Gasteiger partial charge in [0.15, 0.2) is 52.9 Å². The smallest absolute Gasteiger partial charge is 0.325 e. The van der Waals surface area contributed by atoms with E-state index in [1.165, 1.54) is 0 Å². The van der Waals surface area contributed by atoms with E-state index in [1.54, 1.807) is 0 Å². The highest BCUT2D eigenvalue weighted by molar-refractivity contribution is 8.33. The molecule has 2 saturated heterocycles. The Balaban J connectivity index is 0.00000128. The van der Waals surface area contributed by atoms with Gasteiger partial charge in [0.05, 0.1) is 13.2 Å². The van der Waals surface area contributed by atoms with Gasteiger partial charge >= 0.3 is 6.72 Å². The average molecular weight is 715 g/mol. The third-order valence-corrected chi connectivity index (χ3v) is 8.08. The van der Waals surface area contributed by atoms with Crippen molar-refractivity contribution in [3.63, 3.8) is 0 Å². The van der Waals surface area contributed by atoms with Crippen LogP contribution in [-0.2, 0) is 34.9 Å². The van der Waals surface area contributed by atoms with Crippen LogP contribution in [0.4, 0.5) is 20.5 Å². The Kier molecular flexibility index (Phi) is 9.96. The minimum absolute atomic E-state index is 0.00746. The summed E-state index contributed by atoms with van der Waals surface area (Å²) >= 11 is 8.23. The summed E-state index contributed by atoms with van der Waals surface area (Å²) in [4.78, 5) is 36.8. The lowest BCUT2D eigenvalue weighted by Gasteiger charge is -2.25. The molecule has 4 aromatic rings. The zero-order valence-electron chi connectivity index (χ0n) is 22.1. The van der Waals surface area contributed by atoms with Crippen LogP contribution in [0.2, 0.25) is 0 Å². The molecule has 0 saturated carbocycles. The van der Waals surface area contributed by atoms with Gasteiger partial charge in [-0.05, 0) is 11.8 Å². The van der Waals surface area contributed by atoms with Crippen molar-refractivity contribution in [1.82, 2.24) is 49.9 Å². The van der Waals surface area contributed by atoms with Crippen molar-refractivity contribution in [2.24, 2.45) is 0 Å². The fourth-order valence-corrected chi connectivity index (χ4v) is 5.93. The van der Waals surface area contributed by atoms with Crippen LogP contribution in [0.5, 0.6) is 0 Å². The molecule has 1 unspecified atom stereocenters. The number of aliphatic hydroxyl groups excluding tert-OH is 2. The Morgan fingerprint density at radius 3 is 2.44 bits per heavy atom. The molecule has 4 aromatic heterocycles. The number of nitrogens with zero attached hydrogens (tertiary/aromatic N) is 9. The second kappa shape index (κ2) is 13.4. The second-order valence-electron chi connectivity index (χ2n) is 9.23. The molecule has 6 rings (SSSR count). The van der Waals surface area contributed by atoms with Crippen LogP contribution in [0.3, 0.4) is 0 Å². The Morgan fingerprint density at radius 1 is 1.11 bits per heavy atom. The average Bonchev–Trinajstić information content (AvgIpc) is 3.74. The number of rotatable bonds is 8. The van der Waals surface area contributed by atoms with Gasteiger partial charge in [-0.15, -0.1) is 10.2 Å². The van der Waals surface area contributed by atoms with Gasteiger partial charge in [0.1, 0.15) is 30.7 Å². The maximum Gasteiger partial charge on any atom is 0.325 e. The van der Waals surface area contributed by atoms with Gasteiger partial charge in [-0.3, -0.25) is 18.9 Å². The van der Waals surface area contributed by atoms with E-state index in [0.29, 0.717) is 0 Å². The summed E-state index contributed by atoms with van der Waals surface area (Å²) in [6.07, 6.45) is -12.5. The van der Waals surface area contributed by atoms with Crippen LogP contribution in [0.25, 0.3) is 22.3 Å². The summed E-state index contributed by atoms with van der Waals surface area (Å²) in [5.41, 5.74) is 10.2. The van der Waals surface area contributed by atoms with Gasteiger partial charge < -0.3 is 40.6 Å². The van der Waals surface area contributed by atoms with E-state index >= 15 is 8.78 Å². The number of halogens is 2. The number of nitrogens with two attached hydrogens (primary N) is 2. The highest BCUT2D eigenvalue weighted by atomic mass is 32.7. The number of aromatic amines is 1. The van der Waals surface area contributed by atoms with Crippen LogP contribution in [0, 0.1) is 0 Å². The van der Waals surface area contributed by atoms with E-state index in [-0.39, 0.29) is 41.8 Å². The van der Waals surface area contributed by atoms with E-state index in [2.05, 4.69) is 52.8 Å². The second-order valence-corrected chi connectivity index (χ2v) is 12.7. The molecular weight excluding hydrogens is 692 g/mol. The summed E-state index contributed by atoms with van der Waals surface area (Å²) in [5.74, 6) is -0.307. The largest absolute Gasteiger partial charge is 0.394 e. The molecule has 0 aromatic carbocycles. The van der Waals surface area contributed by atoms with Crippen molar-refractivity contribution in [3.8, 4) is 0 Å². The maximum atomic E-state index is 15.3. The van der Waals surface area contributed by atoms with E-state index < -0.39 is 74.7 Å². The van der Waals surface area contributed by atoms with E-state index in [1.807, 2.05) is 0 Å². The van der Waals surface area contributed by atoms with E-state index in [4.69, 9.17) is 46.4 Å². The Morgan fingerprint density at radius 2 is 1.76 bits per heavy atom. The van der Waals surface area contributed by atoms with Crippen LogP contribution in [0.1, 0.15) is 12.5 Å². The summed E-state index contributed by atoms with van der Waals surface area (Å²) in [6.45, 7) is -5.89. The van der Waals surface area contributed by atoms with Crippen LogP contribution in [-0.4, -0.2) is 115 Å². The predicted molar refractivity (Wildman–Crippen MR) is 153 cm³/mol. The van der Waals surface area contributed by atoms with Crippen molar-refractivity contribution >= 4 is 72.5 Å². The lowest BCUT2D eigenvalue weighted by atomic mass is 10.1. The van der Waals surface area contributed by atoms with Crippen LogP contribution < -0.4 is 17.0 Å². The molecule has 27 heteroatoms. The van der Waals surface area contributed by atoms with Gasteiger partial charge in [0, 0.05) is 0 Å². The number of nitrogen functional groups attached to an aromatic ring is 2. The predicted octanol–water partition coefficient (Wildman–Crippen LogP) is -1.52. The normalized spacial score (nSPS) is 29.6. The summed E-state index contributed by atoms with van der Waals surface area (Å²) in [6, 6.07) is 0. The molecule has 0 aliphatic carbocycles. The molecule has 0 radical (unpaired) electrons. The number of fused-ring (bicyclic) bond motifs is 2. The molecule has 2 aliphatic rings. The van der Waals surface area contributed by atoms with Crippen molar-refractivity contribution in [3.05, 3.63) is 16.7 Å². The number of hydrogen-bond acceptors (Lipinski definition) is 18. The first-order valence-electron chi connectivity index (χ1n) is 12.3. The van der Waals surface area contributed by atoms with Crippen LogP contribution >= 0.6 is 26.6 Å². The topological polar surface area (TPSA) is 300 Å². The number of ether oxygens (including phenoxy) is 2. The summed E-state index contributed by atoms with van der Waals surface area (Å²) < 4.78 is 62.7. The molecule has 0 spiro atoms. The fourth-order valence-electron chi connectivity index (χ4n) is 4.52. The van der Waals surface area contributed by atoms with E-state index in [9.17, 15) is 19.9 Å². The number of H-pyrrole nitrogens is 1.